The van der Waals surface area contributed by atoms with Gasteiger partial charge in [0.15, 0.2) is 11.5 Å². The van der Waals surface area contributed by atoms with Gasteiger partial charge in [-0.15, -0.1) is 0 Å². The molecule has 1 aromatic carbocycles. The molecule has 1 aromatic heterocycles. The molecule has 20 heavy (non-hydrogen) atoms. The van der Waals surface area contributed by atoms with E-state index in [0.717, 1.165) is 29.2 Å². The smallest absolute Gasteiger partial charge is 0.161 e. The van der Waals surface area contributed by atoms with Crippen molar-refractivity contribution >= 4 is 15.9 Å². The minimum atomic E-state index is 0.192. The van der Waals surface area contributed by atoms with Crippen molar-refractivity contribution in [2.45, 2.75) is 18.2 Å². The van der Waals surface area contributed by atoms with Crippen LogP contribution in [0.25, 0.3) is 0 Å². The number of ether oxygens (including phenoxy) is 2. The molecular weight excluding hydrogens is 318 g/mol. The highest BCUT2D eigenvalue weighted by atomic mass is 79.9. The van der Waals surface area contributed by atoms with Crippen molar-refractivity contribution in [3.63, 3.8) is 0 Å². The molecule has 2 rings (SSSR count). The Labute approximate surface area is 128 Å². The Balaban J connectivity index is 2.16. The number of pyridine rings is 1. The van der Waals surface area contributed by atoms with Crippen molar-refractivity contribution < 1.29 is 9.47 Å². The van der Waals surface area contributed by atoms with Gasteiger partial charge < -0.3 is 9.47 Å². The van der Waals surface area contributed by atoms with Gasteiger partial charge >= 0.3 is 0 Å². The van der Waals surface area contributed by atoms with Crippen molar-refractivity contribution in [3.05, 3.63) is 53.3 Å². The van der Waals surface area contributed by atoms with Gasteiger partial charge in [-0.3, -0.25) is 4.98 Å². The molecule has 4 heteroatoms. The van der Waals surface area contributed by atoms with Gasteiger partial charge in [-0.05, 0) is 36.2 Å². The van der Waals surface area contributed by atoms with Crippen molar-refractivity contribution in [2.75, 3.05) is 14.2 Å². The number of hydrogen-bond acceptors (Lipinski definition) is 3. The number of benzene rings is 1. The molecule has 0 saturated carbocycles. The Kier molecular flexibility index (Phi) is 5.01. The summed E-state index contributed by atoms with van der Waals surface area (Å²) in [6, 6.07) is 10.1. The van der Waals surface area contributed by atoms with Crippen molar-refractivity contribution in [1.82, 2.24) is 4.98 Å². The molecule has 0 spiro atoms. The lowest BCUT2D eigenvalue weighted by Gasteiger charge is -2.13. The van der Waals surface area contributed by atoms with E-state index in [9.17, 15) is 0 Å². The predicted molar refractivity (Wildman–Crippen MR) is 83.9 cm³/mol. The highest BCUT2D eigenvalue weighted by Crippen LogP contribution is 2.34. The van der Waals surface area contributed by atoms with Crippen LogP contribution in [-0.4, -0.2) is 19.2 Å². The van der Waals surface area contributed by atoms with Gasteiger partial charge in [0.05, 0.1) is 14.2 Å². The van der Waals surface area contributed by atoms with Crippen LogP contribution < -0.4 is 9.47 Å². The van der Waals surface area contributed by atoms with Gasteiger partial charge in [0.2, 0.25) is 0 Å². The minimum absolute atomic E-state index is 0.192. The van der Waals surface area contributed by atoms with E-state index in [0.29, 0.717) is 0 Å². The number of halogens is 1. The third-order valence-corrected chi connectivity index (χ3v) is 3.98. The molecule has 0 fully saturated rings. The molecule has 1 atom stereocenters. The summed E-state index contributed by atoms with van der Waals surface area (Å²) in [6.45, 7) is 2.04. The molecule has 0 aliphatic rings. The van der Waals surface area contributed by atoms with Crippen LogP contribution in [0.15, 0.2) is 36.5 Å². The molecule has 0 bridgehead atoms. The zero-order valence-corrected chi connectivity index (χ0v) is 13.5. The Bertz CT molecular complexity index is 569. The zero-order valence-electron chi connectivity index (χ0n) is 11.9. The summed E-state index contributed by atoms with van der Waals surface area (Å²) in [4.78, 5) is 4.63. The first-order chi connectivity index (χ1) is 9.63. The fourth-order valence-corrected chi connectivity index (χ4v) is 2.58. The standard InChI is InChI=1S/C16H18BrNO2/c1-11-4-6-13(18-10-11)9-14(17)12-5-7-15(19-2)16(8-12)20-3/h4-8,10,14H,9H2,1-3H3. The molecule has 2 aromatic rings. The van der Waals surface area contributed by atoms with E-state index in [1.54, 1.807) is 14.2 Å². The number of aryl methyl sites for hydroxylation is 1. The van der Waals surface area contributed by atoms with E-state index >= 15 is 0 Å². The molecule has 106 valence electrons. The second kappa shape index (κ2) is 6.75. The first-order valence-electron chi connectivity index (χ1n) is 6.41. The quantitative estimate of drug-likeness (QED) is 0.771. The maximum Gasteiger partial charge on any atom is 0.161 e. The lowest BCUT2D eigenvalue weighted by molar-refractivity contribution is 0.354. The summed E-state index contributed by atoms with van der Waals surface area (Å²) < 4.78 is 10.6. The van der Waals surface area contributed by atoms with Crippen LogP contribution in [0.4, 0.5) is 0 Å². The van der Waals surface area contributed by atoms with Crippen LogP contribution in [0.1, 0.15) is 21.6 Å². The van der Waals surface area contributed by atoms with Crippen LogP contribution in [0.3, 0.4) is 0 Å². The number of aromatic nitrogens is 1. The predicted octanol–water partition coefficient (Wildman–Crippen LogP) is 4.09. The zero-order chi connectivity index (χ0) is 14.5. The summed E-state index contributed by atoms with van der Waals surface area (Å²) in [7, 11) is 3.28. The summed E-state index contributed by atoms with van der Waals surface area (Å²) >= 11 is 3.71. The molecule has 0 aliphatic heterocycles. The highest BCUT2D eigenvalue weighted by Gasteiger charge is 2.12. The van der Waals surface area contributed by atoms with Crippen molar-refractivity contribution in [1.29, 1.82) is 0 Å². The summed E-state index contributed by atoms with van der Waals surface area (Å²) in [5, 5.41) is 0. The monoisotopic (exact) mass is 335 g/mol. The van der Waals surface area contributed by atoms with Crippen molar-refractivity contribution in [3.8, 4) is 11.5 Å². The van der Waals surface area contributed by atoms with E-state index in [4.69, 9.17) is 9.47 Å². The second-order valence-electron chi connectivity index (χ2n) is 4.61. The number of rotatable bonds is 5. The van der Waals surface area contributed by atoms with Gasteiger partial charge in [0, 0.05) is 23.1 Å². The second-order valence-corrected chi connectivity index (χ2v) is 5.72. The molecule has 1 heterocycles. The number of methoxy groups -OCH3 is 2. The summed E-state index contributed by atoms with van der Waals surface area (Å²) in [5.74, 6) is 1.48. The normalized spacial score (nSPS) is 12.0. The van der Waals surface area contributed by atoms with E-state index in [1.165, 1.54) is 5.56 Å². The Morgan fingerprint density at radius 1 is 1.10 bits per heavy atom. The number of nitrogens with zero attached hydrogens (tertiary/aromatic N) is 1. The lowest BCUT2D eigenvalue weighted by Crippen LogP contribution is -1.99. The minimum Gasteiger partial charge on any atom is -0.493 e. The maximum absolute atomic E-state index is 5.33. The van der Waals surface area contributed by atoms with Crippen LogP contribution in [-0.2, 0) is 6.42 Å². The fourth-order valence-electron chi connectivity index (χ4n) is 1.97. The molecule has 0 saturated heterocycles. The lowest BCUT2D eigenvalue weighted by atomic mass is 10.1. The third kappa shape index (κ3) is 3.51. The molecule has 0 aliphatic carbocycles. The van der Waals surface area contributed by atoms with E-state index in [1.807, 2.05) is 31.3 Å². The average Bonchev–Trinajstić information content (AvgIpc) is 2.48. The third-order valence-electron chi connectivity index (χ3n) is 3.13. The molecule has 0 N–H and O–H groups in total. The summed E-state index contributed by atoms with van der Waals surface area (Å²) in [6.07, 6.45) is 2.72. The fraction of sp³-hybridized carbons (Fsp3) is 0.312. The van der Waals surface area contributed by atoms with Gasteiger partial charge in [0.1, 0.15) is 0 Å². The number of alkyl halides is 1. The van der Waals surface area contributed by atoms with Gasteiger partial charge in [-0.25, -0.2) is 0 Å². The summed E-state index contributed by atoms with van der Waals surface area (Å²) in [5.41, 5.74) is 3.38. The maximum atomic E-state index is 5.33. The Morgan fingerprint density at radius 3 is 2.45 bits per heavy atom. The van der Waals surface area contributed by atoms with Crippen LogP contribution in [0, 0.1) is 6.92 Å². The number of hydrogen-bond donors (Lipinski definition) is 0. The largest absolute Gasteiger partial charge is 0.493 e. The van der Waals surface area contributed by atoms with E-state index in [-0.39, 0.29) is 4.83 Å². The highest BCUT2D eigenvalue weighted by molar-refractivity contribution is 9.09. The molecule has 3 nitrogen and oxygen atoms in total. The van der Waals surface area contributed by atoms with Crippen molar-refractivity contribution in [2.24, 2.45) is 0 Å². The van der Waals surface area contributed by atoms with Gasteiger partial charge in [0.25, 0.3) is 0 Å². The van der Waals surface area contributed by atoms with Gasteiger partial charge in [-0.1, -0.05) is 28.1 Å². The molecule has 0 amide bonds. The first-order valence-corrected chi connectivity index (χ1v) is 7.33. The van der Waals surface area contributed by atoms with Crippen LogP contribution in [0.2, 0.25) is 0 Å². The van der Waals surface area contributed by atoms with Crippen LogP contribution in [0.5, 0.6) is 11.5 Å². The Hall–Kier alpha value is -1.55. The molecule has 0 radical (unpaired) electrons. The first kappa shape index (κ1) is 14.9. The van der Waals surface area contributed by atoms with Gasteiger partial charge in [-0.2, -0.15) is 0 Å². The SMILES string of the molecule is COc1ccc(C(Br)Cc2ccc(C)cn2)cc1OC. The molecule has 1 unspecified atom stereocenters. The van der Waals surface area contributed by atoms with Crippen LogP contribution >= 0.6 is 15.9 Å². The van der Waals surface area contributed by atoms with E-state index in [2.05, 4.69) is 33.0 Å². The molecular formula is C16H18BrNO2. The average molecular weight is 336 g/mol. The van der Waals surface area contributed by atoms with E-state index < -0.39 is 0 Å². The Morgan fingerprint density at radius 2 is 1.85 bits per heavy atom. The topological polar surface area (TPSA) is 31.4 Å².